The van der Waals surface area contributed by atoms with Crippen LogP contribution >= 0.6 is 0 Å². The first kappa shape index (κ1) is 33.4. The molecule has 0 saturated carbocycles. The Labute approximate surface area is 302 Å². The quantitative estimate of drug-likeness (QED) is 0.137. The van der Waals surface area contributed by atoms with Crippen molar-refractivity contribution in [3.05, 3.63) is 210 Å². The van der Waals surface area contributed by atoms with Crippen molar-refractivity contribution in [2.45, 2.75) is 26.6 Å². The van der Waals surface area contributed by atoms with Crippen LogP contribution in [0, 0.1) is 6.92 Å². The standard InChI is InChI=1S/C49H42N2/c1-4-44-46(43-28-16-27-42(33-43)41-26-15-25-40(32-41)38-21-10-6-11-22-38)30-17-31-47(44)48-35(2)18-14-29-45(48)36(3)51-49(39-23-12-7-13-24-39)50-34-37-19-8-5-9-20-37/h4-33,49-50H,1,34H2,2-3H3/b51-36+. The van der Waals surface area contributed by atoms with Crippen LogP contribution in [0.2, 0.25) is 0 Å². The molecule has 2 nitrogen and oxygen atoms in total. The molecule has 7 rings (SSSR count). The van der Waals surface area contributed by atoms with E-state index in [-0.39, 0.29) is 6.17 Å². The molecule has 0 bridgehead atoms. The van der Waals surface area contributed by atoms with E-state index in [0.717, 1.165) is 45.6 Å². The number of aryl methyl sites for hydroxylation is 1. The first-order valence-corrected chi connectivity index (χ1v) is 17.6. The summed E-state index contributed by atoms with van der Waals surface area (Å²) in [5.41, 5.74) is 16.2. The first-order valence-electron chi connectivity index (χ1n) is 17.6. The third-order valence-corrected chi connectivity index (χ3v) is 9.50. The van der Waals surface area contributed by atoms with Gasteiger partial charge in [-0.15, -0.1) is 0 Å². The normalized spacial score (nSPS) is 12.0. The Bertz CT molecular complexity index is 2290. The zero-order valence-corrected chi connectivity index (χ0v) is 29.3. The molecule has 0 amide bonds. The first-order chi connectivity index (χ1) is 25.1. The summed E-state index contributed by atoms with van der Waals surface area (Å²) in [5.74, 6) is 0. The van der Waals surface area contributed by atoms with E-state index in [2.05, 4.69) is 190 Å². The highest BCUT2D eigenvalue weighted by molar-refractivity contribution is 6.06. The maximum atomic E-state index is 5.35. The number of hydrogen-bond acceptors (Lipinski definition) is 2. The lowest BCUT2D eigenvalue weighted by atomic mass is 9.86. The van der Waals surface area contributed by atoms with E-state index >= 15 is 0 Å². The van der Waals surface area contributed by atoms with Crippen LogP contribution in [0.3, 0.4) is 0 Å². The Balaban J connectivity index is 1.27. The summed E-state index contributed by atoms with van der Waals surface area (Å²) in [7, 11) is 0. The predicted octanol–water partition coefficient (Wildman–Crippen LogP) is 12.6. The van der Waals surface area contributed by atoms with Gasteiger partial charge in [0, 0.05) is 17.8 Å². The van der Waals surface area contributed by atoms with Gasteiger partial charge in [-0.05, 0) is 92.7 Å². The molecule has 0 aliphatic carbocycles. The van der Waals surface area contributed by atoms with Gasteiger partial charge in [-0.25, -0.2) is 0 Å². The fraction of sp³-hybridized carbons (Fsp3) is 0.0816. The molecule has 2 heteroatoms. The minimum absolute atomic E-state index is 0.201. The van der Waals surface area contributed by atoms with Gasteiger partial charge in [-0.2, -0.15) is 0 Å². The van der Waals surface area contributed by atoms with E-state index in [9.17, 15) is 0 Å². The van der Waals surface area contributed by atoms with Crippen LogP contribution in [-0.2, 0) is 6.54 Å². The molecule has 0 radical (unpaired) electrons. The zero-order chi connectivity index (χ0) is 35.0. The number of hydrogen-bond donors (Lipinski definition) is 1. The van der Waals surface area contributed by atoms with Crippen molar-refractivity contribution in [2.24, 2.45) is 4.99 Å². The van der Waals surface area contributed by atoms with E-state index in [1.165, 1.54) is 38.9 Å². The van der Waals surface area contributed by atoms with Crippen molar-refractivity contribution in [1.82, 2.24) is 5.32 Å². The molecule has 51 heavy (non-hydrogen) atoms. The lowest BCUT2D eigenvalue weighted by Gasteiger charge is -2.20. The third kappa shape index (κ3) is 7.57. The van der Waals surface area contributed by atoms with Crippen LogP contribution in [0.1, 0.15) is 40.9 Å². The van der Waals surface area contributed by atoms with E-state index in [1.807, 2.05) is 18.2 Å². The van der Waals surface area contributed by atoms with Crippen LogP contribution in [-0.4, -0.2) is 5.71 Å². The van der Waals surface area contributed by atoms with Crippen molar-refractivity contribution >= 4 is 11.8 Å². The molecule has 1 N–H and O–H groups in total. The van der Waals surface area contributed by atoms with Gasteiger partial charge in [0.15, 0.2) is 0 Å². The summed E-state index contributed by atoms with van der Waals surface area (Å²) in [6.07, 6.45) is 1.80. The highest BCUT2D eigenvalue weighted by Gasteiger charge is 2.18. The van der Waals surface area contributed by atoms with Crippen LogP contribution in [0.4, 0.5) is 0 Å². The zero-order valence-electron chi connectivity index (χ0n) is 29.3. The molecule has 7 aromatic carbocycles. The summed E-state index contributed by atoms with van der Waals surface area (Å²) in [5, 5.41) is 3.71. The third-order valence-electron chi connectivity index (χ3n) is 9.50. The largest absolute Gasteiger partial charge is 0.288 e. The Hall–Kier alpha value is -6.09. The van der Waals surface area contributed by atoms with Crippen LogP contribution in [0.15, 0.2) is 187 Å². The Kier molecular flexibility index (Phi) is 10.2. The van der Waals surface area contributed by atoms with Crippen molar-refractivity contribution in [3.8, 4) is 44.5 Å². The Morgan fingerprint density at radius 3 is 1.80 bits per heavy atom. The summed E-state index contributed by atoms with van der Waals surface area (Å²) in [6.45, 7) is 9.37. The SMILES string of the molecule is C=Cc1c(-c2cccc(-c3cccc(-c4ccccc4)c3)c2)cccc1-c1c(C)cccc1/C(C)=N/C(NCc1ccccc1)c1ccccc1. The maximum Gasteiger partial charge on any atom is 0.126 e. The molecule has 0 saturated heterocycles. The van der Waals surface area contributed by atoms with Gasteiger partial charge in [-0.3, -0.25) is 10.3 Å². The van der Waals surface area contributed by atoms with E-state index in [0.29, 0.717) is 0 Å². The fourth-order valence-corrected chi connectivity index (χ4v) is 6.90. The molecular formula is C49H42N2. The topological polar surface area (TPSA) is 24.4 Å². The molecule has 7 aromatic rings. The van der Waals surface area contributed by atoms with Crippen molar-refractivity contribution in [3.63, 3.8) is 0 Å². The predicted molar refractivity (Wildman–Crippen MR) is 218 cm³/mol. The summed E-state index contributed by atoms with van der Waals surface area (Å²) in [6, 6.07) is 62.3. The summed E-state index contributed by atoms with van der Waals surface area (Å²) < 4.78 is 0. The molecule has 0 aromatic heterocycles. The summed E-state index contributed by atoms with van der Waals surface area (Å²) in [4.78, 5) is 5.35. The monoisotopic (exact) mass is 658 g/mol. The Morgan fingerprint density at radius 1 is 0.588 bits per heavy atom. The van der Waals surface area contributed by atoms with Crippen molar-refractivity contribution < 1.29 is 0 Å². The van der Waals surface area contributed by atoms with Gasteiger partial charge < -0.3 is 0 Å². The lowest BCUT2D eigenvalue weighted by Crippen LogP contribution is -2.20. The minimum atomic E-state index is -0.201. The van der Waals surface area contributed by atoms with Crippen molar-refractivity contribution in [2.75, 3.05) is 0 Å². The highest BCUT2D eigenvalue weighted by Crippen LogP contribution is 2.38. The van der Waals surface area contributed by atoms with Crippen molar-refractivity contribution in [1.29, 1.82) is 0 Å². The molecular weight excluding hydrogens is 617 g/mol. The molecule has 0 aliphatic rings. The fourth-order valence-electron chi connectivity index (χ4n) is 6.90. The van der Waals surface area contributed by atoms with Crippen LogP contribution in [0.5, 0.6) is 0 Å². The van der Waals surface area contributed by atoms with Gasteiger partial charge >= 0.3 is 0 Å². The second-order valence-electron chi connectivity index (χ2n) is 12.9. The van der Waals surface area contributed by atoms with Gasteiger partial charge in [0.2, 0.25) is 0 Å². The number of benzene rings is 7. The average molecular weight is 659 g/mol. The molecule has 0 heterocycles. The number of nitrogens with one attached hydrogen (secondary N) is 1. The van der Waals surface area contributed by atoms with E-state index in [4.69, 9.17) is 4.99 Å². The maximum absolute atomic E-state index is 5.35. The van der Waals surface area contributed by atoms with E-state index < -0.39 is 0 Å². The second-order valence-corrected chi connectivity index (χ2v) is 12.9. The van der Waals surface area contributed by atoms with Gasteiger partial charge in [0.1, 0.15) is 6.17 Å². The van der Waals surface area contributed by atoms with Crippen LogP contribution < -0.4 is 5.32 Å². The summed E-state index contributed by atoms with van der Waals surface area (Å²) >= 11 is 0. The van der Waals surface area contributed by atoms with Gasteiger partial charge in [-0.1, -0.05) is 176 Å². The van der Waals surface area contributed by atoms with Gasteiger partial charge in [0.25, 0.3) is 0 Å². The number of aliphatic imine (C=N–C) groups is 1. The second kappa shape index (κ2) is 15.6. The van der Waals surface area contributed by atoms with E-state index in [1.54, 1.807) is 0 Å². The average Bonchev–Trinajstić information content (AvgIpc) is 3.20. The molecule has 0 fully saturated rings. The van der Waals surface area contributed by atoms with Crippen LogP contribution in [0.25, 0.3) is 50.6 Å². The van der Waals surface area contributed by atoms with Gasteiger partial charge in [0.05, 0.1) is 0 Å². The molecule has 248 valence electrons. The minimum Gasteiger partial charge on any atom is -0.288 e. The number of rotatable bonds is 11. The molecule has 0 spiro atoms. The lowest BCUT2D eigenvalue weighted by molar-refractivity contribution is 0.554. The highest BCUT2D eigenvalue weighted by atomic mass is 15.1. The molecule has 1 unspecified atom stereocenters. The smallest absolute Gasteiger partial charge is 0.126 e. The Morgan fingerprint density at radius 2 is 1.12 bits per heavy atom. The molecule has 1 atom stereocenters. The molecule has 0 aliphatic heterocycles. The number of nitrogens with zero attached hydrogens (tertiary/aromatic N) is 1.